The van der Waals surface area contributed by atoms with E-state index in [1.165, 1.54) is 16.6 Å². The van der Waals surface area contributed by atoms with Gasteiger partial charge in [0.1, 0.15) is 7.28 Å². The van der Waals surface area contributed by atoms with Gasteiger partial charge < -0.3 is 0 Å². The molecule has 1 radical (unpaired) electrons. The van der Waals surface area contributed by atoms with Crippen molar-refractivity contribution in [1.29, 1.82) is 0 Å². The highest BCUT2D eigenvalue weighted by Crippen LogP contribution is 2.10. The molecular formula is C25H20B. The maximum Gasteiger partial charge on any atom is 0.148 e. The second kappa shape index (κ2) is 8.29. The van der Waals surface area contributed by atoms with Crippen LogP contribution in [0.1, 0.15) is 33.4 Å². The standard InChI is InChI=1S/C25H20B/c1-19-4-14-24(20(2)18-19)15-11-22-8-5-21(6-9-22)7-10-23-12-16-25(26-3)17-13-23/h4-6,8-9,12-14,16-18H,1-3H3. The van der Waals surface area contributed by atoms with Crippen molar-refractivity contribution >= 4 is 12.7 Å². The molecule has 0 aliphatic heterocycles. The van der Waals surface area contributed by atoms with Gasteiger partial charge in [-0.3, -0.25) is 0 Å². The third kappa shape index (κ3) is 4.69. The average Bonchev–Trinajstić information content (AvgIpc) is 2.67. The lowest BCUT2D eigenvalue weighted by molar-refractivity contribution is 1.36. The highest BCUT2D eigenvalue weighted by molar-refractivity contribution is 6.51. The fourth-order valence-electron chi connectivity index (χ4n) is 2.63. The van der Waals surface area contributed by atoms with Crippen molar-refractivity contribution in [3.63, 3.8) is 0 Å². The average molecular weight is 331 g/mol. The number of hydrogen-bond donors (Lipinski definition) is 0. The summed E-state index contributed by atoms with van der Waals surface area (Å²) in [4.78, 5) is 0. The van der Waals surface area contributed by atoms with Gasteiger partial charge in [0.2, 0.25) is 0 Å². The van der Waals surface area contributed by atoms with Crippen LogP contribution in [0.2, 0.25) is 6.82 Å². The minimum absolute atomic E-state index is 0.994. The van der Waals surface area contributed by atoms with Gasteiger partial charge in [0, 0.05) is 22.3 Å². The van der Waals surface area contributed by atoms with Gasteiger partial charge in [-0.2, -0.15) is 0 Å². The third-order valence-electron chi connectivity index (χ3n) is 4.20. The fourth-order valence-corrected chi connectivity index (χ4v) is 2.63. The molecule has 3 aromatic carbocycles. The Morgan fingerprint density at radius 2 is 1.12 bits per heavy atom. The molecular weight excluding hydrogens is 311 g/mol. The van der Waals surface area contributed by atoms with E-state index in [9.17, 15) is 0 Å². The molecule has 0 aromatic heterocycles. The molecule has 3 rings (SSSR count). The van der Waals surface area contributed by atoms with Crippen molar-refractivity contribution in [2.75, 3.05) is 0 Å². The van der Waals surface area contributed by atoms with E-state index >= 15 is 0 Å². The predicted octanol–water partition coefficient (Wildman–Crippen LogP) is 4.48. The second-order valence-corrected chi connectivity index (χ2v) is 6.31. The van der Waals surface area contributed by atoms with E-state index in [1.807, 2.05) is 43.2 Å². The Balaban J connectivity index is 1.73. The lowest BCUT2D eigenvalue weighted by Gasteiger charge is -1.99. The molecule has 0 aliphatic rings. The van der Waals surface area contributed by atoms with Crippen LogP contribution in [0.4, 0.5) is 0 Å². The fraction of sp³-hybridized carbons (Fsp3) is 0.120. The highest BCUT2D eigenvalue weighted by atomic mass is 14.0. The van der Waals surface area contributed by atoms with Crippen molar-refractivity contribution in [3.8, 4) is 23.7 Å². The quantitative estimate of drug-likeness (QED) is 0.456. The molecule has 0 aliphatic carbocycles. The van der Waals surface area contributed by atoms with Gasteiger partial charge in [-0.1, -0.05) is 65.8 Å². The molecule has 26 heavy (non-hydrogen) atoms. The van der Waals surface area contributed by atoms with Crippen molar-refractivity contribution in [1.82, 2.24) is 0 Å². The molecule has 0 bridgehead atoms. The van der Waals surface area contributed by atoms with Crippen LogP contribution in [-0.4, -0.2) is 7.28 Å². The molecule has 0 saturated heterocycles. The van der Waals surface area contributed by atoms with Crippen LogP contribution < -0.4 is 5.46 Å². The summed E-state index contributed by atoms with van der Waals surface area (Å²) in [7, 11) is 2.08. The predicted molar refractivity (Wildman–Crippen MR) is 112 cm³/mol. The maximum atomic E-state index is 3.26. The first-order valence-electron chi connectivity index (χ1n) is 8.75. The molecule has 0 fully saturated rings. The first-order valence-corrected chi connectivity index (χ1v) is 8.75. The van der Waals surface area contributed by atoms with Gasteiger partial charge in [0.05, 0.1) is 0 Å². The number of aryl methyl sites for hydroxylation is 2. The van der Waals surface area contributed by atoms with Gasteiger partial charge in [0.15, 0.2) is 0 Å². The van der Waals surface area contributed by atoms with Crippen molar-refractivity contribution in [2.24, 2.45) is 0 Å². The summed E-state index contributed by atoms with van der Waals surface area (Å²) in [6.07, 6.45) is 0. The number of benzene rings is 3. The van der Waals surface area contributed by atoms with Crippen molar-refractivity contribution < 1.29 is 0 Å². The zero-order valence-corrected chi connectivity index (χ0v) is 15.4. The van der Waals surface area contributed by atoms with Crippen LogP contribution >= 0.6 is 0 Å². The highest BCUT2D eigenvalue weighted by Gasteiger charge is 1.95. The SMILES string of the molecule is C[B]c1ccc(C#Cc2ccc(C#Cc3ccc(C)cc3C)cc2)cc1. The van der Waals surface area contributed by atoms with Crippen molar-refractivity contribution in [2.45, 2.75) is 20.7 Å². The van der Waals surface area contributed by atoms with Crippen LogP contribution in [0, 0.1) is 37.5 Å². The Kier molecular flexibility index (Phi) is 5.63. The summed E-state index contributed by atoms with van der Waals surface area (Å²) >= 11 is 0. The maximum absolute atomic E-state index is 3.26. The summed E-state index contributed by atoms with van der Waals surface area (Å²) in [6.45, 7) is 6.23. The number of rotatable bonds is 1. The van der Waals surface area contributed by atoms with E-state index in [4.69, 9.17) is 0 Å². The monoisotopic (exact) mass is 331 g/mol. The number of hydrogen-bond acceptors (Lipinski definition) is 0. The Hall–Kier alpha value is -3.16. The minimum Gasteiger partial charge on any atom is -0.0880 e. The summed E-state index contributed by atoms with van der Waals surface area (Å²) in [6, 6.07) is 22.7. The summed E-state index contributed by atoms with van der Waals surface area (Å²) in [5.41, 5.74) is 7.78. The van der Waals surface area contributed by atoms with Gasteiger partial charge in [-0.25, -0.2) is 0 Å². The molecule has 1 heteroatoms. The topological polar surface area (TPSA) is 0 Å². The molecule has 0 saturated carbocycles. The molecule has 0 atom stereocenters. The first-order chi connectivity index (χ1) is 12.6. The van der Waals surface area contributed by atoms with E-state index in [0.717, 1.165) is 22.3 Å². The zero-order chi connectivity index (χ0) is 18.4. The minimum atomic E-state index is 0.994. The molecule has 0 N–H and O–H groups in total. The van der Waals surface area contributed by atoms with Gasteiger partial charge >= 0.3 is 0 Å². The van der Waals surface area contributed by atoms with Crippen LogP contribution in [0.3, 0.4) is 0 Å². The zero-order valence-electron chi connectivity index (χ0n) is 15.4. The Labute approximate surface area is 157 Å². The lowest BCUT2D eigenvalue weighted by Crippen LogP contribution is -2.08. The summed E-state index contributed by atoms with van der Waals surface area (Å²) < 4.78 is 0. The van der Waals surface area contributed by atoms with Crippen LogP contribution in [0.15, 0.2) is 66.7 Å². The van der Waals surface area contributed by atoms with Gasteiger partial charge in [-0.15, -0.1) is 0 Å². The Morgan fingerprint density at radius 1 is 0.615 bits per heavy atom. The normalized spacial score (nSPS) is 9.50. The molecule has 0 heterocycles. The largest absolute Gasteiger partial charge is 0.148 e. The van der Waals surface area contributed by atoms with E-state index in [-0.39, 0.29) is 0 Å². The first kappa shape index (κ1) is 17.7. The van der Waals surface area contributed by atoms with Crippen LogP contribution in [-0.2, 0) is 0 Å². The molecule has 0 amide bonds. The smallest absolute Gasteiger partial charge is 0.0880 e. The molecule has 0 unspecified atom stereocenters. The molecule has 0 spiro atoms. The molecule has 0 nitrogen and oxygen atoms in total. The van der Waals surface area contributed by atoms with Crippen LogP contribution in [0.5, 0.6) is 0 Å². The van der Waals surface area contributed by atoms with Crippen molar-refractivity contribution in [3.05, 3.63) is 100 Å². The Morgan fingerprint density at radius 3 is 1.62 bits per heavy atom. The summed E-state index contributed by atoms with van der Waals surface area (Å²) in [5.74, 6) is 12.9. The molecule has 123 valence electrons. The molecule has 3 aromatic rings. The third-order valence-corrected chi connectivity index (χ3v) is 4.20. The van der Waals surface area contributed by atoms with Gasteiger partial charge in [0.25, 0.3) is 0 Å². The lowest BCUT2D eigenvalue weighted by atomic mass is 9.73. The van der Waals surface area contributed by atoms with Crippen LogP contribution in [0.25, 0.3) is 0 Å². The van der Waals surface area contributed by atoms with E-state index < -0.39 is 0 Å². The van der Waals surface area contributed by atoms with E-state index in [2.05, 4.69) is 75.1 Å². The van der Waals surface area contributed by atoms with Gasteiger partial charge in [-0.05, 0) is 61.9 Å². The van der Waals surface area contributed by atoms with E-state index in [1.54, 1.807) is 0 Å². The second-order valence-electron chi connectivity index (χ2n) is 6.31. The summed E-state index contributed by atoms with van der Waals surface area (Å²) in [5, 5.41) is 0. The Bertz CT molecular complexity index is 1020. The van der Waals surface area contributed by atoms with E-state index in [0.29, 0.717) is 0 Å².